The Morgan fingerprint density at radius 2 is 2.03 bits per heavy atom. The molecule has 0 saturated carbocycles. The minimum Gasteiger partial charge on any atom is -0.462 e. The summed E-state index contributed by atoms with van der Waals surface area (Å²) in [6.45, 7) is 5.40. The van der Waals surface area contributed by atoms with Crippen molar-refractivity contribution in [2.45, 2.75) is 33.2 Å². The van der Waals surface area contributed by atoms with E-state index in [9.17, 15) is 14.4 Å². The van der Waals surface area contributed by atoms with Gasteiger partial charge in [0.1, 0.15) is 15.7 Å². The fourth-order valence-electron chi connectivity index (χ4n) is 3.07. The van der Waals surface area contributed by atoms with Crippen LogP contribution in [0.15, 0.2) is 29.3 Å². The molecule has 0 bridgehead atoms. The number of fused-ring (bicyclic) bond motifs is 1. The Balaban J connectivity index is 2.00. The SMILES string of the molecule is CCOC(=O)c1sc2ncn(C(CC)C(=O)Nc3ccc(Cl)cc3Cl)c(=O)c2c1C. The molecule has 1 aromatic carbocycles. The zero-order valence-corrected chi connectivity index (χ0v) is 18.8. The summed E-state index contributed by atoms with van der Waals surface area (Å²) in [5.41, 5.74) is 0.493. The number of anilines is 1. The molecule has 3 aromatic rings. The van der Waals surface area contributed by atoms with Gasteiger partial charge in [0.25, 0.3) is 5.56 Å². The molecule has 0 spiro atoms. The van der Waals surface area contributed by atoms with E-state index in [-0.39, 0.29) is 6.61 Å². The second-order valence-corrected chi connectivity index (χ2v) is 8.29. The number of esters is 1. The number of ether oxygens (including phenoxy) is 1. The van der Waals surface area contributed by atoms with E-state index < -0.39 is 23.5 Å². The van der Waals surface area contributed by atoms with Crippen molar-refractivity contribution in [3.63, 3.8) is 0 Å². The van der Waals surface area contributed by atoms with Crippen LogP contribution >= 0.6 is 34.5 Å². The number of nitrogens with zero attached hydrogens (tertiary/aromatic N) is 2. The number of hydrogen-bond acceptors (Lipinski definition) is 6. The van der Waals surface area contributed by atoms with Crippen molar-refractivity contribution >= 4 is 62.3 Å². The Morgan fingerprint density at radius 1 is 1.30 bits per heavy atom. The molecule has 1 atom stereocenters. The molecule has 0 radical (unpaired) electrons. The summed E-state index contributed by atoms with van der Waals surface area (Å²) in [5.74, 6) is -0.908. The van der Waals surface area contributed by atoms with Crippen molar-refractivity contribution in [2.24, 2.45) is 0 Å². The molecule has 1 amide bonds. The smallest absolute Gasteiger partial charge is 0.348 e. The summed E-state index contributed by atoms with van der Waals surface area (Å²) >= 11 is 13.1. The van der Waals surface area contributed by atoms with Crippen molar-refractivity contribution in [3.8, 4) is 0 Å². The number of amides is 1. The molecule has 1 unspecified atom stereocenters. The van der Waals surface area contributed by atoms with Gasteiger partial charge in [0.15, 0.2) is 0 Å². The lowest BCUT2D eigenvalue weighted by Gasteiger charge is -2.18. The summed E-state index contributed by atoms with van der Waals surface area (Å²) < 4.78 is 6.32. The third kappa shape index (κ3) is 4.21. The first kappa shape index (κ1) is 22.3. The summed E-state index contributed by atoms with van der Waals surface area (Å²) in [6.07, 6.45) is 1.67. The molecule has 2 aromatic heterocycles. The Bertz CT molecular complexity index is 1190. The lowest BCUT2D eigenvalue weighted by Crippen LogP contribution is -2.33. The van der Waals surface area contributed by atoms with Gasteiger partial charge in [-0.25, -0.2) is 9.78 Å². The number of benzene rings is 1. The number of aromatic nitrogens is 2. The van der Waals surface area contributed by atoms with Crippen LogP contribution in [0.4, 0.5) is 5.69 Å². The summed E-state index contributed by atoms with van der Waals surface area (Å²) in [7, 11) is 0. The average Bonchev–Trinajstić information content (AvgIpc) is 3.04. The van der Waals surface area contributed by atoms with Crippen LogP contribution in [-0.4, -0.2) is 28.0 Å². The number of rotatable bonds is 6. The van der Waals surface area contributed by atoms with E-state index in [4.69, 9.17) is 27.9 Å². The maximum absolute atomic E-state index is 13.2. The van der Waals surface area contributed by atoms with Gasteiger partial charge in [0.05, 0.1) is 29.0 Å². The van der Waals surface area contributed by atoms with Crippen LogP contribution in [0.5, 0.6) is 0 Å². The molecule has 2 heterocycles. The van der Waals surface area contributed by atoms with Gasteiger partial charge in [-0.15, -0.1) is 11.3 Å². The van der Waals surface area contributed by atoms with Crippen LogP contribution in [0.1, 0.15) is 41.5 Å². The zero-order chi connectivity index (χ0) is 22.0. The van der Waals surface area contributed by atoms with Crippen molar-refractivity contribution < 1.29 is 14.3 Å². The first-order chi connectivity index (χ1) is 14.3. The van der Waals surface area contributed by atoms with E-state index >= 15 is 0 Å². The van der Waals surface area contributed by atoms with Crippen LogP contribution in [0.25, 0.3) is 10.2 Å². The van der Waals surface area contributed by atoms with Crippen LogP contribution in [0.2, 0.25) is 10.0 Å². The average molecular weight is 468 g/mol. The number of aryl methyl sites for hydroxylation is 1. The topological polar surface area (TPSA) is 90.3 Å². The molecule has 10 heteroatoms. The van der Waals surface area contributed by atoms with E-state index in [0.717, 1.165) is 11.3 Å². The highest BCUT2D eigenvalue weighted by Crippen LogP contribution is 2.29. The Morgan fingerprint density at radius 3 is 2.67 bits per heavy atom. The Kier molecular flexibility index (Phi) is 6.80. The first-order valence-corrected chi connectivity index (χ1v) is 10.8. The highest BCUT2D eigenvalue weighted by atomic mass is 35.5. The number of nitrogens with one attached hydrogen (secondary N) is 1. The molecule has 1 N–H and O–H groups in total. The fourth-order valence-corrected chi connectivity index (χ4v) is 4.55. The monoisotopic (exact) mass is 467 g/mol. The summed E-state index contributed by atoms with van der Waals surface area (Å²) in [6, 6.07) is 3.90. The van der Waals surface area contributed by atoms with Crippen LogP contribution in [0.3, 0.4) is 0 Å². The van der Waals surface area contributed by atoms with Crippen LogP contribution in [0, 0.1) is 6.92 Å². The second kappa shape index (κ2) is 9.16. The quantitative estimate of drug-likeness (QED) is 0.523. The first-order valence-electron chi connectivity index (χ1n) is 9.21. The van der Waals surface area contributed by atoms with Gasteiger partial charge in [-0.1, -0.05) is 30.1 Å². The predicted octanol–water partition coefficient (Wildman–Crippen LogP) is 4.84. The number of thiophene rings is 1. The molecule has 158 valence electrons. The highest BCUT2D eigenvalue weighted by Gasteiger charge is 2.25. The normalized spacial score (nSPS) is 12.0. The molecule has 0 aliphatic heterocycles. The molecule has 0 saturated heterocycles. The van der Waals surface area contributed by atoms with Crippen LogP contribution in [-0.2, 0) is 9.53 Å². The fraction of sp³-hybridized carbons (Fsp3) is 0.300. The minimum atomic E-state index is -0.813. The summed E-state index contributed by atoms with van der Waals surface area (Å²) in [5, 5.41) is 3.77. The molecular weight excluding hydrogens is 449 g/mol. The predicted molar refractivity (Wildman–Crippen MR) is 119 cm³/mol. The third-order valence-corrected chi connectivity index (χ3v) is 6.28. The lowest BCUT2D eigenvalue weighted by atomic mass is 10.1. The molecular formula is C20H19Cl2N3O4S. The van der Waals surface area contributed by atoms with Gasteiger partial charge in [0.2, 0.25) is 5.91 Å². The van der Waals surface area contributed by atoms with Crippen LogP contribution < -0.4 is 10.9 Å². The Hall–Kier alpha value is -2.42. The number of hydrogen-bond donors (Lipinski definition) is 1. The minimum absolute atomic E-state index is 0.232. The molecule has 3 rings (SSSR count). The number of halogens is 2. The standard InChI is InChI=1S/C20H19Cl2N3O4S/c1-4-14(17(26)24-13-7-6-11(21)8-12(13)22)25-9-23-18-15(19(25)27)10(3)16(30-18)20(28)29-5-2/h6-9,14H,4-5H2,1-3H3,(H,24,26). The van der Waals surface area contributed by atoms with E-state index in [1.165, 1.54) is 17.0 Å². The second-order valence-electron chi connectivity index (χ2n) is 6.45. The van der Waals surface area contributed by atoms with Crippen molar-refractivity contribution in [3.05, 3.63) is 55.4 Å². The van der Waals surface area contributed by atoms with Crippen molar-refractivity contribution in [2.75, 3.05) is 11.9 Å². The molecule has 0 aliphatic carbocycles. The van der Waals surface area contributed by atoms with E-state index in [1.54, 1.807) is 32.9 Å². The zero-order valence-electron chi connectivity index (χ0n) is 16.5. The van der Waals surface area contributed by atoms with Gasteiger partial charge >= 0.3 is 5.97 Å². The Labute approximate surface area is 186 Å². The van der Waals surface area contributed by atoms with E-state index in [0.29, 0.717) is 42.8 Å². The van der Waals surface area contributed by atoms with E-state index in [1.807, 2.05) is 0 Å². The highest BCUT2D eigenvalue weighted by molar-refractivity contribution is 7.20. The van der Waals surface area contributed by atoms with Crippen molar-refractivity contribution in [1.29, 1.82) is 0 Å². The van der Waals surface area contributed by atoms with Gasteiger partial charge < -0.3 is 10.1 Å². The van der Waals surface area contributed by atoms with Gasteiger partial charge in [0, 0.05) is 5.02 Å². The maximum atomic E-state index is 13.2. The molecule has 30 heavy (non-hydrogen) atoms. The third-order valence-electron chi connectivity index (χ3n) is 4.55. The number of carbonyl (C=O) groups is 2. The van der Waals surface area contributed by atoms with Crippen molar-refractivity contribution in [1.82, 2.24) is 9.55 Å². The van der Waals surface area contributed by atoms with Gasteiger partial charge in [-0.2, -0.15) is 0 Å². The number of carbonyl (C=O) groups excluding carboxylic acids is 2. The molecule has 7 nitrogen and oxygen atoms in total. The largest absolute Gasteiger partial charge is 0.462 e. The molecule has 0 fully saturated rings. The maximum Gasteiger partial charge on any atom is 0.348 e. The molecule has 0 aliphatic rings. The lowest BCUT2D eigenvalue weighted by molar-refractivity contribution is -0.119. The van der Waals surface area contributed by atoms with Gasteiger partial charge in [-0.3, -0.25) is 14.2 Å². The van der Waals surface area contributed by atoms with E-state index in [2.05, 4.69) is 10.3 Å². The van der Waals surface area contributed by atoms with Gasteiger partial charge in [-0.05, 0) is 44.0 Å². The summed E-state index contributed by atoms with van der Waals surface area (Å²) in [4.78, 5) is 43.3.